The SMILES string of the molecule is O=COCC(OC=O)c1ccc(C(CC(=O)O)C(=O)O)cc1. The van der Waals surface area contributed by atoms with Crippen molar-refractivity contribution in [3.63, 3.8) is 0 Å². The summed E-state index contributed by atoms with van der Waals surface area (Å²) in [6, 6.07) is 5.82. The minimum Gasteiger partial charge on any atom is -0.481 e. The Hall–Kier alpha value is -2.90. The maximum atomic E-state index is 11.1. The molecule has 8 nitrogen and oxygen atoms in total. The number of hydrogen-bond acceptors (Lipinski definition) is 6. The molecule has 2 unspecified atom stereocenters. The summed E-state index contributed by atoms with van der Waals surface area (Å²) in [5.41, 5.74) is 0.789. The molecule has 22 heavy (non-hydrogen) atoms. The molecule has 1 aromatic rings. The Morgan fingerprint density at radius 3 is 2.09 bits per heavy atom. The summed E-state index contributed by atoms with van der Waals surface area (Å²) in [6.07, 6.45) is -1.36. The van der Waals surface area contributed by atoms with Crippen LogP contribution in [0.2, 0.25) is 0 Å². The Balaban J connectivity index is 2.94. The molecule has 8 heteroatoms. The lowest BCUT2D eigenvalue weighted by Gasteiger charge is -2.16. The quantitative estimate of drug-likeness (QED) is 0.605. The smallest absolute Gasteiger partial charge is 0.311 e. The van der Waals surface area contributed by atoms with E-state index in [2.05, 4.69) is 4.74 Å². The van der Waals surface area contributed by atoms with Crippen LogP contribution in [0.15, 0.2) is 24.3 Å². The first kappa shape index (κ1) is 17.2. The van der Waals surface area contributed by atoms with E-state index < -0.39 is 30.4 Å². The largest absolute Gasteiger partial charge is 0.481 e. The summed E-state index contributed by atoms with van der Waals surface area (Å²) in [5, 5.41) is 17.8. The van der Waals surface area contributed by atoms with Gasteiger partial charge in [-0.05, 0) is 11.1 Å². The van der Waals surface area contributed by atoms with E-state index in [1.165, 1.54) is 24.3 Å². The van der Waals surface area contributed by atoms with Crippen LogP contribution in [-0.4, -0.2) is 41.7 Å². The molecule has 118 valence electrons. The zero-order valence-electron chi connectivity index (χ0n) is 11.4. The van der Waals surface area contributed by atoms with Gasteiger partial charge in [-0.25, -0.2) is 0 Å². The van der Waals surface area contributed by atoms with Crippen LogP contribution >= 0.6 is 0 Å². The number of carboxylic acids is 2. The van der Waals surface area contributed by atoms with Gasteiger partial charge in [0, 0.05) is 0 Å². The fourth-order valence-corrected chi connectivity index (χ4v) is 1.87. The maximum absolute atomic E-state index is 11.1. The zero-order valence-corrected chi connectivity index (χ0v) is 11.4. The van der Waals surface area contributed by atoms with E-state index in [1.807, 2.05) is 0 Å². The van der Waals surface area contributed by atoms with Crippen molar-refractivity contribution in [2.24, 2.45) is 0 Å². The van der Waals surface area contributed by atoms with Crippen molar-refractivity contribution in [3.05, 3.63) is 35.4 Å². The number of aliphatic carboxylic acids is 2. The standard InChI is InChI=1S/C14H14O8/c15-7-21-6-12(22-8-16)10-3-1-9(2-4-10)11(14(19)20)5-13(17)18/h1-4,7-8,11-12H,5-6H2,(H,17,18)(H,19,20). The first-order valence-electron chi connectivity index (χ1n) is 6.18. The predicted molar refractivity (Wildman–Crippen MR) is 71.0 cm³/mol. The monoisotopic (exact) mass is 310 g/mol. The van der Waals surface area contributed by atoms with Crippen molar-refractivity contribution in [1.29, 1.82) is 0 Å². The Labute approximate surface area is 125 Å². The topological polar surface area (TPSA) is 127 Å². The highest BCUT2D eigenvalue weighted by molar-refractivity contribution is 5.82. The molecule has 1 rings (SSSR count). The van der Waals surface area contributed by atoms with Gasteiger partial charge >= 0.3 is 11.9 Å². The lowest BCUT2D eigenvalue weighted by molar-refractivity contribution is -0.145. The number of rotatable bonds is 10. The molecule has 0 fully saturated rings. The average Bonchev–Trinajstić information content (AvgIpc) is 2.49. The number of carbonyl (C=O) groups excluding carboxylic acids is 2. The van der Waals surface area contributed by atoms with E-state index in [9.17, 15) is 19.2 Å². The van der Waals surface area contributed by atoms with Crippen LogP contribution in [0.1, 0.15) is 29.6 Å². The van der Waals surface area contributed by atoms with Crippen LogP contribution in [-0.2, 0) is 28.7 Å². The van der Waals surface area contributed by atoms with Crippen molar-refractivity contribution >= 4 is 24.9 Å². The van der Waals surface area contributed by atoms with Gasteiger partial charge in [-0.2, -0.15) is 0 Å². The van der Waals surface area contributed by atoms with Crippen LogP contribution in [0.4, 0.5) is 0 Å². The molecule has 0 aliphatic rings. The molecule has 2 N–H and O–H groups in total. The van der Waals surface area contributed by atoms with Crippen LogP contribution in [0, 0.1) is 0 Å². The third kappa shape index (κ3) is 4.89. The highest BCUT2D eigenvalue weighted by Gasteiger charge is 2.23. The van der Waals surface area contributed by atoms with Gasteiger partial charge in [-0.15, -0.1) is 0 Å². The third-order valence-electron chi connectivity index (χ3n) is 2.92. The third-order valence-corrected chi connectivity index (χ3v) is 2.92. The molecule has 0 amide bonds. The van der Waals surface area contributed by atoms with Crippen molar-refractivity contribution < 1.29 is 38.9 Å². The number of hydrogen-bond donors (Lipinski definition) is 2. The Bertz CT molecular complexity index is 536. The van der Waals surface area contributed by atoms with Crippen LogP contribution in [0.5, 0.6) is 0 Å². The molecule has 0 saturated carbocycles. The Kier molecular flexibility index (Phi) is 6.55. The highest BCUT2D eigenvalue weighted by atomic mass is 16.6. The second kappa shape index (κ2) is 8.40. The summed E-state index contributed by atoms with van der Waals surface area (Å²) in [6.45, 7) is 0.235. The number of carboxylic acid groups (broad SMARTS) is 2. The summed E-state index contributed by atoms with van der Waals surface area (Å²) >= 11 is 0. The van der Waals surface area contributed by atoms with Crippen molar-refractivity contribution in [2.75, 3.05) is 6.61 Å². The van der Waals surface area contributed by atoms with Gasteiger partial charge < -0.3 is 19.7 Å². The van der Waals surface area contributed by atoms with Crippen molar-refractivity contribution in [1.82, 2.24) is 0 Å². The summed E-state index contributed by atoms with van der Waals surface area (Å²) in [4.78, 5) is 42.4. The fourth-order valence-electron chi connectivity index (χ4n) is 1.87. The van der Waals surface area contributed by atoms with E-state index in [0.29, 0.717) is 11.1 Å². The first-order valence-corrected chi connectivity index (χ1v) is 6.18. The van der Waals surface area contributed by atoms with Gasteiger partial charge in [0.05, 0.1) is 12.3 Å². The van der Waals surface area contributed by atoms with E-state index in [1.54, 1.807) is 0 Å². The van der Waals surface area contributed by atoms with Gasteiger partial charge in [0.25, 0.3) is 12.9 Å². The van der Waals surface area contributed by atoms with Crippen molar-refractivity contribution in [2.45, 2.75) is 18.4 Å². The van der Waals surface area contributed by atoms with Gasteiger partial charge in [0.15, 0.2) is 6.10 Å². The minimum absolute atomic E-state index is 0.181. The Morgan fingerprint density at radius 1 is 1.05 bits per heavy atom. The predicted octanol–water partition coefficient (Wildman–Crippen LogP) is 0.717. The van der Waals surface area contributed by atoms with Crippen molar-refractivity contribution in [3.8, 4) is 0 Å². The zero-order chi connectivity index (χ0) is 16.5. The molecule has 0 aliphatic heterocycles. The molecule has 1 aromatic carbocycles. The number of benzene rings is 1. The number of ether oxygens (including phenoxy) is 2. The molecular formula is C14H14O8. The van der Waals surface area contributed by atoms with E-state index in [0.717, 1.165) is 0 Å². The highest BCUT2D eigenvalue weighted by Crippen LogP contribution is 2.24. The Morgan fingerprint density at radius 2 is 1.64 bits per heavy atom. The second-order valence-corrected chi connectivity index (χ2v) is 4.31. The molecule has 0 bridgehead atoms. The number of carbonyl (C=O) groups is 4. The summed E-state index contributed by atoms with van der Waals surface area (Å²) in [5.74, 6) is -3.65. The second-order valence-electron chi connectivity index (χ2n) is 4.31. The normalized spacial score (nSPS) is 12.7. The summed E-state index contributed by atoms with van der Waals surface area (Å²) in [7, 11) is 0. The lowest BCUT2D eigenvalue weighted by atomic mass is 9.94. The van der Waals surface area contributed by atoms with Gasteiger partial charge in [0.1, 0.15) is 6.61 Å². The molecule has 0 saturated heterocycles. The maximum Gasteiger partial charge on any atom is 0.311 e. The molecule has 0 aliphatic carbocycles. The van der Waals surface area contributed by atoms with E-state index in [-0.39, 0.29) is 19.6 Å². The van der Waals surface area contributed by atoms with Crippen LogP contribution in [0.25, 0.3) is 0 Å². The minimum atomic E-state index is -1.25. The first-order chi connectivity index (χ1) is 10.5. The molecule has 0 aromatic heterocycles. The van der Waals surface area contributed by atoms with Gasteiger partial charge in [-0.3, -0.25) is 19.2 Å². The molecular weight excluding hydrogens is 296 g/mol. The van der Waals surface area contributed by atoms with Crippen LogP contribution in [0.3, 0.4) is 0 Å². The summed E-state index contributed by atoms with van der Waals surface area (Å²) < 4.78 is 9.30. The average molecular weight is 310 g/mol. The van der Waals surface area contributed by atoms with E-state index >= 15 is 0 Å². The molecule has 0 heterocycles. The van der Waals surface area contributed by atoms with Gasteiger partial charge in [0.2, 0.25) is 0 Å². The lowest BCUT2D eigenvalue weighted by Crippen LogP contribution is -2.16. The fraction of sp³-hybridized carbons (Fsp3) is 0.286. The van der Waals surface area contributed by atoms with E-state index in [4.69, 9.17) is 14.9 Å². The molecule has 0 spiro atoms. The van der Waals surface area contributed by atoms with Gasteiger partial charge in [-0.1, -0.05) is 24.3 Å². The van der Waals surface area contributed by atoms with Crippen LogP contribution < -0.4 is 0 Å². The molecule has 2 atom stereocenters. The molecule has 0 radical (unpaired) electrons.